The van der Waals surface area contributed by atoms with Gasteiger partial charge in [0.2, 0.25) is 0 Å². The molecule has 0 bridgehead atoms. The van der Waals surface area contributed by atoms with E-state index in [0.29, 0.717) is 12.0 Å². The van der Waals surface area contributed by atoms with Crippen molar-refractivity contribution in [3.8, 4) is 0 Å². The number of thiophene rings is 1. The molecule has 1 aromatic heterocycles. The van der Waals surface area contributed by atoms with E-state index in [2.05, 4.69) is 48.8 Å². The van der Waals surface area contributed by atoms with Crippen molar-refractivity contribution < 1.29 is 0 Å². The molecule has 0 saturated carbocycles. The highest BCUT2D eigenvalue weighted by molar-refractivity contribution is 7.09. The highest BCUT2D eigenvalue weighted by atomic mass is 32.1. The van der Waals surface area contributed by atoms with Crippen molar-refractivity contribution in [3.63, 3.8) is 0 Å². The minimum absolute atomic E-state index is 0.551. The van der Waals surface area contributed by atoms with Crippen LogP contribution in [0.4, 0.5) is 5.69 Å². The number of anilines is 1. The van der Waals surface area contributed by atoms with Gasteiger partial charge in [0.25, 0.3) is 0 Å². The lowest BCUT2D eigenvalue weighted by Crippen LogP contribution is -2.28. The van der Waals surface area contributed by atoms with Crippen molar-refractivity contribution in [3.05, 3.63) is 52.2 Å². The van der Waals surface area contributed by atoms with E-state index in [1.807, 2.05) is 23.5 Å². The van der Waals surface area contributed by atoms with Crippen LogP contribution in [0, 0.1) is 0 Å². The second-order valence-corrected chi connectivity index (χ2v) is 7.08. The summed E-state index contributed by atoms with van der Waals surface area (Å²) in [7, 11) is 0. The van der Waals surface area contributed by atoms with E-state index in [1.165, 1.54) is 29.7 Å². The van der Waals surface area contributed by atoms with Crippen molar-refractivity contribution in [2.75, 3.05) is 12.3 Å². The Hall–Kier alpha value is -1.32. The summed E-state index contributed by atoms with van der Waals surface area (Å²) in [5.41, 5.74) is 8.04. The molecule has 0 aliphatic rings. The van der Waals surface area contributed by atoms with Crippen LogP contribution in [0.1, 0.15) is 49.5 Å². The van der Waals surface area contributed by atoms with Gasteiger partial charge in [-0.15, -0.1) is 11.3 Å². The molecule has 2 nitrogen and oxygen atoms in total. The van der Waals surface area contributed by atoms with Crippen LogP contribution in [-0.2, 0) is 6.42 Å². The number of rotatable bonds is 9. The number of hydrogen-bond donors (Lipinski definition) is 2. The summed E-state index contributed by atoms with van der Waals surface area (Å²) in [6.45, 7) is 5.64. The van der Waals surface area contributed by atoms with Gasteiger partial charge in [-0.3, -0.25) is 0 Å². The Morgan fingerprint density at radius 3 is 2.59 bits per heavy atom. The number of benzene rings is 1. The fourth-order valence-corrected chi connectivity index (χ4v) is 3.71. The molecular formula is C19H28N2S. The smallest absolute Gasteiger partial charge is 0.0314 e. The molecule has 2 atom stereocenters. The predicted molar refractivity (Wildman–Crippen MR) is 98.6 cm³/mol. The summed E-state index contributed by atoms with van der Waals surface area (Å²) in [4.78, 5) is 1.47. The summed E-state index contributed by atoms with van der Waals surface area (Å²) in [5.74, 6) is 0.648. The minimum Gasteiger partial charge on any atom is -0.399 e. The SMILES string of the molecule is CCC(CCCNC(C)Cc1cccs1)c1ccc(N)cc1. The molecule has 1 aromatic carbocycles. The van der Waals surface area contributed by atoms with Gasteiger partial charge in [-0.1, -0.05) is 25.1 Å². The summed E-state index contributed by atoms with van der Waals surface area (Å²) < 4.78 is 0. The average Bonchev–Trinajstić information content (AvgIpc) is 3.01. The monoisotopic (exact) mass is 316 g/mol. The normalized spacial score (nSPS) is 13.9. The van der Waals surface area contributed by atoms with Crippen LogP contribution in [0.2, 0.25) is 0 Å². The van der Waals surface area contributed by atoms with Crippen molar-refractivity contribution >= 4 is 17.0 Å². The molecule has 0 radical (unpaired) electrons. The van der Waals surface area contributed by atoms with Gasteiger partial charge in [0.05, 0.1) is 0 Å². The van der Waals surface area contributed by atoms with Crippen LogP contribution in [0.3, 0.4) is 0 Å². The first kappa shape index (κ1) is 17.0. The fourth-order valence-electron chi connectivity index (χ4n) is 2.87. The van der Waals surface area contributed by atoms with E-state index in [1.54, 1.807) is 0 Å². The molecular weight excluding hydrogens is 288 g/mol. The fraction of sp³-hybridized carbons (Fsp3) is 0.474. The second kappa shape index (κ2) is 8.96. The summed E-state index contributed by atoms with van der Waals surface area (Å²) in [5, 5.41) is 5.80. The van der Waals surface area contributed by atoms with E-state index in [9.17, 15) is 0 Å². The number of nitrogens with one attached hydrogen (secondary N) is 1. The third-order valence-corrected chi connectivity index (χ3v) is 5.11. The summed E-state index contributed by atoms with van der Waals surface area (Å²) in [6, 6.07) is 13.3. The van der Waals surface area contributed by atoms with Crippen LogP contribution in [0.15, 0.2) is 41.8 Å². The van der Waals surface area contributed by atoms with E-state index in [0.717, 1.165) is 18.7 Å². The minimum atomic E-state index is 0.551. The van der Waals surface area contributed by atoms with Crippen molar-refractivity contribution in [1.29, 1.82) is 0 Å². The number of nitrogens with two attached hydrogens (primary N) is 1. The quantitative estimate of drug-likeness (QED) is 0.514. The molecule has 3 heteroatoms. The average molecular weight is 317 g/mol. The first-order valence-electron chi connectivity index (χ1n) is 8.30. The van der Waals surface area contributed by atoms with Crippen LogP contribution < -0.4 is 11.1 Å². The zero-order valence-corrected chi connectivity index (χ0v) is 14.5. The second-order valence-electron chi connectivity index (χ2n) is 6.05. The molecule has 2 aromatic rings. The van der Waals surface area contributed by atoms with Crippen molar-refractivity contribution in [2.24, 2.45) is 0 Å². The molecule has 2 unspecified atom stereocenters. The first-order chi connectivity index (χ1) is 10.7. The third kappa shape index (κ3) is 5.47. The highest BCUT2D eigenvalue weighted by Gasteiger charge is 2.09. The van der Waals surface area contributed by atoms with Gasteiger partial charge in [0.1, 0.15) is 0 Å². The van der Waals surface area contributed by atoms with Gasteiger partial charge in [0.15, 0.2) is 0 Å². The van der Waals surface area contributed by atoms with E-state index >= 15 is 0 Å². The molecule has 0 fully saturated rings. The Morgan fingerprint density at radius 2 is 1.95 bits per heavy atom. The van der Waals surface area contributed by atoms with E-state index in [-0.39, 0.29) is 0 Å². The maximum atomic E-state index is 5.77. The van der Waals surface area contributed by atoms with Crippen LogP contribution in [0.25, 0.3) is 0 Å². The first-order valence-corrected chi connectivity index (χ1v) is 9.18. The molecule has 0 saturated heterocycles. The summed E-state index contributed by atoms with van der Waals surface area (Å²) in [6.07, 6.45) is 4.78. The maximum Gasteiger partial charge on any atom is 0.0314 e. The Balaban J connectivity index is 1.69. The lowest BCUT2D eigenvalue weighted by Gasteiger charge is -2.17. The van der Waals surface area contributed by atoms with Gasteiger partial charge in [-0.25, -0.2) is 0 Å². The Morgan fingerprint density at radius 1 is 1.18 bits per heavy atom. The maximum absolute atomic E-state index is 5.77. The molecule has 0 spiro atoms. The standard InChI is InChI=1S/C19H28N2S/c1-3-16(17-8-10-18(20)11-9-17)6-4-12-21-15(2)14-19-7-5-13-22-19/h5,7-11,13,15-16,21H,3-4,6,12,14,20H2,1-2H3. The van der Waals surface area contributed by atoms with Crippen LogP contribution >= 0.6 is 11.3 Å². The lowest BCUT2D eigenvalue weighted by molar-refractivity contribution is 0.499. The number of nitrogen functional groups attached to an aromatic ring is 1. The van der Waals surface area contributed by atoms with Crippen molar-refractivity contribution in [2.45, 2.75) is 51.5 Å². The van der Waals surface area contributed by atoms with Gasteiger partial charge in [-0.05, 0) is 74.2 Å². The summed E-state index contributed by atoms with van der Waals surface area (Å²) >= 11 is 1.85. The molecule has 2 rings (SSSR count). The predicted octanol–water partition coefficient (Wildman–Crippen LogP) is 4.82. The van der Waals surface area contributed by atoms with E-state index in [4.69, 9.17) is 5.73 Å². The van der Waals surface area contributed by atoms with Gasteiger partial charge < -0.3 is 11.1 Å². The topological polar surface area (TPSA) is 38.0 Å². The largest absolute Gasteiger partial charge is 0.399 e. The van der Waals surface area contributed by atoms with Crippen LogP contribution in [0.5, 0.6) is 0 Å². The van der Waals surface area contributed by atoms with Gasteiger partial charge in [0, 0.05) is 16.6 Å². The molecule has 1 heterocycles. The van der Waals surface area contributed by atoms with Crippen LogP contribution in [-0.4, -0.2) is 12.6 Å². The molecule has 22 heavy (non-hydrogen) atoms. The Kier molecular flexibility index (Phi) is 6.94. The zero-order valence-electron chi connectivity index (χ0n) is 13.7. The molecule has 120 valence electrons. The number of hydrogen-bond acceptors (Lipinski definition) is 3. The molecule has 0 amide bonds. The highest BCUT2D eigenvalue weighted by Crippen LogP contribution is 2.25. The van der Waals surface area contributed by atoms with Crippen molar-refractivity contribution in [1.82, 2.24) is 5.32 Å². The van der Waals surface area contributed by atoms with E-state index < -0.39 is 0 Å². The Labute approximate surface area is 138 Å². The molecule has 3 N–H and O–H groups in total. The third-order valence-electron chi connectivity index (χ3n) is 4.21. The lowest BCUT2D eigenvalue weighted by atomic mass is 9.92. The van der Waals surface area contributed by atoms with Gasteiger partial charge >= 0.3 is 0 Å². The molecule has 0 aliphatic carbocycles. The zero-order chi connectivity index (χ0) is 15.8. The molecule has 0 aliphatic heterocycles. The van der Waals surface area contributed by atoms with Gasteiger partial charge in [-0.2, -0.15) is 0 Å². The Bertz CT molecular complexity index is 519.